The fourth-order valence-electron chi connectivity index (χ4n) is 4.34. The van der Waals surface area contributed by atoms with Crippen LogP contribution < -0.4 is 20.4 Å². The molecule has 0 bridgehead atoms. The Bertz CT molecular complexity index is 1220. The molecule has 2 aliphatic heterocycles. The van der Waals surface area contributed by atoms with Crippen LogP contribution in [0.1, 0.15) is 23.7 Å². The van der Waals surface area contributed by atoms with Crippen LogP contribution in [0.25, 0.3) is 0 Å². The molecule has 2 saturated heterocycles. The van der Waals surface area contributed by atoms with Gasteiger partial charge in [0.15, 0.2) is 11.6 Å². The van der Waals surface area contributed by atoms with E-state index in [1.54, 1.807) is 12.1 Å². The first kappa shape index (κ1) is 28.5. The molecule has 12 nitrogen and oxygen atoms in total. The van der Waals surface area contributed by atoms with Crippen LogP contribution in [0.4, 0.5) is 29.7 Å². The van der Waals surface area contributed by atoms with Gasteiger partial charge in [-0.15, -0.1) is 0 Å². The molecular weight excluding hydrogens is 530 g/mol. The lowest BCUT2D eigenvalue weighted by atomic mass is 10.2. The van der Waals surface area contributed by atoms with E-state index in [-0.39, 0.29) is 69.7 Å². The van der Waals surface area contributed by atoms with Gasteiger partial charge in [-0.05, 0) is 18.6 Å². The summed E-state index contributed by atoms with van der Waals surface area (Å²) in [5.41, 5.74) is 0.0548. The summed E-state index contributed by atoms with van der Waals surface area (Å²) in [5.74, 6) is -2.47. The first-order valence-corrected chi connectivity index (χ1v) is 12.9. The predicted octanol–water partition coefficient (Wildman–Crippen LogP) is 1.90. The molecule has 1 aromatic heterocycles. The van der Waals surface area contributed by atoms with Gasteiger partial charge in [0.2, 0.25) is 5.91 Å². The third-order valence-corrected chi connectivity index (χ3v) is 6.37. The first-order chi connectivity index (χ1) is 19.3. The number of hydrogen-bond acceptors (Lipinski definition) is 8. The Hall–Kier alpha value is -4.49. The molecule has 0 saturated carbocycles. The van der Waals surface area contributed by atoms with Crippen LogP contribution >= 0.6 is 0 Å². The minimum Gasteiger partial charge on any atom is -0.450 e. The molecule has 4 rings (SSSR count). The minimum atomic E-state index is -0.865. The highest BCUT2D eigenvalue weighted by atomic mass is 19.1. The number of nitrogens with one attached hydrogen (secondary N) is 2. The average Bonchev–Trinajstić information content (AvgIpc) is 3.34. The second-order valence-corrected chi connectivity index (χ2v) is 9.18. The third-order valence-electron chi connectivity index (χ3n) is 6.37. The van der Waals surface area contributed by atoms with E-state index in [2.05, 4.69) is 15.6 Å². The number of anilines is 2. The third kappa shape index (κ3) is 6.93. The number of rotatable bonds is 9. The van der Waals surface area contributed by atoms with Gasteiger partial charge in [-0.1, -0.05) is 6.92 Å². The molecule has 1 aromatic carbocycles. The summed E-state index contributed by atoms with van der Waals surface area (Å²) >= 11 is 0. The number of piperazine rings is 1. The van der Waals surface area contributed by atoms with Crippen LogP contribution in [-0.4, -0.2) is 92.4 Å². The Morgan fingerprint density at radius 3 is 2.50 bits per heavy atom. The molecule has 214 valence electrons. The van der Waals surface area contributed by atoms with Crippen molar-refractivity contribution in [2.24, 2.45) is 0 Å². The quantitative estimate of drug-likeness (QED) is 0.475. The Labute approximate surface area is 229 Å². The number of carbonyl (C=O) groups is 4. The lowest BCUT2D eigenvalue weighted by Gasteiger charge is -2.36. The second kappa shape index (κ2) is 13.0. The number of ether oxygens (including phenoxy) is 2. The lowest BCUT2D eigenvalue weighted by Crippen LogP contribution is -2.51. The van der Waals surface area contributed by atoms with E-state index in [1.807, 2.05) is 6.92 Å². The number of carbonyl (C=O) groups excluding carboxylic acids is 4. The molecule has 2 aliphatic rings. The van der Waals surface area contributed by atoms with Crippen molar-refractivity contribution in [3.8, 4) is 0 Å². The Morgan fingerprint density at radius 1 is 1.12 bits per heavy atom. The van der Waals surface area contributed by atoms with Crippen molar-refractivity contribution in [3.05, 3.63) is 53.9 Å². The summed E-state index contributed by atoms with van der Waals surface area (Å²) in [5, 5.41) is 5.03. The molecular formula is C26H30F2N6O6. The van der Waals surface area contributed by atoms with Crippen molar-refractivity contribution in [1.82, 2.24) is 20.5 Å². The van der Waals surface area contributed by atoms with Crippen LogP contribution in [-0.2, 0) is 14.3 Å². The predicted molar refractivity (Wildman–Crippen MR) is 139 cm³/mol. The van der Waals surface area contributed by atoms with Crippen LogP contribution in [0, 0.1) is 11.6 Å². The molecule has 0 aliphatic carbocycles. The van der Waals surface area contributed by atoms with Gasteiger partial charge in [0.05, 0.1) is 37.5 Å². The minimum absolute atomic E-state index is 0.00994. The van der Waals surface area contributed by atoms with Gasteiger partial charge in [-0.3, -0.25) is 19.5 Å². The number of amides is 4. The van der Waals surface area contributed by atoms with E-state index < -0.39 is 35.8 Å². The molecule has 0 radical (unpaired) electrons. The summed E-state index contributed by atoms with van der Waals surface area (Å²) in [4.78, 5) is 56.6. The number of hydrogen-bond donors (Lipinski definition) is 2. The lowest BCUT2D eigenvalue weighted by molar-refractivity contribution is -0.130. The Morgan fingerprint density at radius 2 is 1.85 bits per heavy atom. The summed E-state index contributed by atoms with van der Waals surface area (Å²) < 4.78 is 40.3. The number of benzene rings is 1. The van der Waals surface area contributed by atoms with Crippen molar-refractivity contribution in [2.75, 3.05) is 62.2 Å². The smallest absolute Gasteiger partial charge is 0.414 e. The van der Waals surface area contributed by atoms with Gasteiger partial charge < -0.3 is 29.9 Å². The zero-order valence-corrected chi connectivity index (χ0v) is 21.9. The molecule has 1 unspecified atom stereocenters. The normalized spacial score (nSPS) is 16.9. The molecule has 2 fully saturated rings. The average molecular weight is 561 g/mol. The highest BCUT2D eigenvalue weighted by Crippen LogP contribution is 2.31. The van der Waals surface area contributed by atoms with Crippen LogP contribution in [0.2, 0.25) is 0 Å². The molecule has 3 heterocycles. The maximum Gasteiger partial charge on any atom is 0.414 e. The maximum atomic E-state index is 15.1. The maximum absolute atomic E-state index is 15.1. The Kier molecular flexibility index (Phi) is 9.30. The van der Waals surface area contributed by atoms with Crippen molar-refractivity contribution in [1.29, 1.82) is 0 Å². The standard InChI is InChI=1S/C26H30F2N6O6/c1-2-10-39-25(37)31-14-19-16-34(26(38)40-19)18-11-20(27)23(21(28)12-18)33-8-6-32(7-9-33)22(35)15-30-24(36)17-4-3-5-29-13-17/h3-5,11-13,19H,2,6-10,14-16H2,1H3,(H,30,36)(H,31,37). The zero-order chi connectivity index (χ0) is 28.6. The van der Waals surface area contributed by atoms with E-state index in [0.29, 0.717) is 12.0 Å². The van der Waals surface area contributed by atoms with E-state index in [0.717, 1.165) is 17.0 Å². The van der Waals surface area contributed by atoms with Crippen molar-refractivity contribution < 1.29 is 37.4 Å². The largest absolute Gasteiger partial charge is 0.450 e. The van der Waals surface area contributed by atoms with Gasteiger partial charge in [0.25, 0.3) is 5.91 Å². The molecule has 40 heavy (non-hydrogen) atoms. The monoisotopic (exact) mass is 560 g/mol. The molecule has 14 heteroatoms. The summed E-state index contributed by atoms with van der Waals surface area (Å²) in [7, 11) is 0. The highest BCUT2D eigenvalue weighted by Gasteiger charge is 2.34. The Balaban J connectivity index is 1.30. The van der Waals surface area contributed by atoms with Crippen molar-refractivity contribution in [3.63, 3.8) is 0 Å². The summed E-state index contributed by atoms with van der Waals surface area (Å²) in [6, 6.07) is 5.30. The van der Waals surface area contributed by atoms with Crippen LogP contribution in [0.3, 0.4) is 0 Å². The SMILES string of the molecule is CCCOC(=O)NCC1CN(c2cc(F)c(N3CCN(C(=O)CNC(=O)c4cccnc4)CC3)c(F)c2)C(=O)O1. The van der Waals surface area contributed by atoms with Crippen LogP contribution in [0.15, 0.2) is 36.7 Å². The van der Waals surface area contributed by atoms with Gasteiger partial charge in [0.1, 0.15) is 11.8 Å². The molecule has 0 spiro atoms. The van der Waals surface area contributed by atoms with Crippen LogP contribution in [0.5, 0.6) is 0 Å². The summed E-state index contributed by atoms with van der Waals surface area (Å²) in [6.07, 6.45) is 1.44. The number of aromatic nitrogens is 1. The number of pyridine rings is 1. The molecule has 2 aromatic rings. The zero-order valence-electron chi connectivity index (χ0n) is 21.9. The van der Waals surface area contributed by atoms with Gasteiger partial charge in [0, 0.05) is 50.7 Å². The van der Waals surface area contributed by atoms with E-state index >= 15 is 8.78 Å². The van der Waals surface area contributed by atoms with E-state index in [4.69, 9.17) is 9.47 Å². The number of nitrogens with zero attached hydrogens (tertiary/aromatic N) is 4. The van der Waals surface area contributed by atoms with Gasteiger partial charge >= 0.3 is 12.2 Å². The number of cyclic esters (lactones) is 1. The van der Waals surface area contributed by atoms with Gasteiger partial charge in [-0.25, -0.2) is 18.4 Å². The highest BCUT2D eigenvalue weighted by molar-refractivity contribution is 5.96. The number of alkyl carbamates (subject to hydrolysis) is 1. The fourth-order valence-corrected chi connectivity index (χ4v) is 4.34. The summed E-state index contributed by atoms with van der Waals surface area (Å²) in [6.45, 7) is 2.62. The first-order valence-electron chi connectivity index (χ1n) is 12.9. The topological polar surface area (TPSA) is 133 Å². The fraction of sp³-hybridized carbons (Fsp3) is 0.423. The molecule has 1 atom stereocenters. The van der Waals surface area contributed by atoms with Crippen molar-refractivity contribution in [2.45, 2.75) is 19.4 Å². The van der Waals surface area contributed by atoms with Gasteiger partial charge in [-0.2, -0.15) is 0 Å². The molecule has 4 amide bonds. The molecule has 2 N–H and O–H groups in total. The van der Waals surface area contributed by atoms with E-state index in [9.17, 15) is 19.2 Å². The van der Waals surface area contributed by atoms with Crippen molar-refractivity contribution >= 4 is 35.4 Å². The second-order valence-electron chi connectivity index (χ2n) is 9.18. The number of halogens is 2. The van der Waals surface area contributed by atoms with E-state index in [1.165, 1.54) is 22.2 Å².